The first-order valence-corrected chi connectivity index (χ1v) is 9.22. The zero-order chi connectivity index (χ0) is 17.2. The maximum absolute atomic E-state index is 12.8. The normalized spacial score (nSPS) is 20.5. The van der Waals surface area contributed by atoms with Crippen molar-refractivity contribution in [3.05, 3.63) is 53.4 Å². The lowest BCUT2D eigenvalue weighted by atomic mass is 9.91. The maximum Gasteiger partial charge on any atom is 0.256 e. The summed E-state index contributed by atoms with van der Waals surface area (Å²) in [5.41, 5.74) is 2.91. The van der Waals surface area contributed by atoms with Crippen molar-refractivity contribution in [2.45, 2.75) is 44.9 Å². The molecule has 1 aliphatic heterocycles. The predicted molar refractivity (Wildman–Crippen MR) is 95.3 cm³/mol. The molecular weight excluding hydrogens is 312 g/mol. The quantitative estimate of drug-likeness (QED) is 0.860. The van der Waals surface area contributed by atoms with Gasteiger partial charge in [0.1, 0.15) is 5.82 Å². The molecule has 5 heteroatoms. The number of amides is 1. The van der Waals surface area contributed by atoms with Crippen molar-refractivity contribution in [1.82, 2.24) is 19.9 Å². The minimum Gasteiger partial charge on any atom is -0.338 e. The highest BCUT2D eigenvalue weighted by atomic mass is 16.2. The standard InChI is InChI=1S/C20H24N4O/c1-14-4-5-15(10-21-14)9-16-3-2-8-24(13-16)20(25)18-11-22-19(23-12-18)17-6-7-17/h4-5,10-12,16-17H,2-3,6-9,13H2,1H3. The first-order valence-electron chi connectivity index (χ1n) is 9.22. The van der Waals surface area contributed by atoms with Gasteiger partial charge >= 0.3 is 0 Å². The molecule has 2 aromatic heterocycles. The Morgan fingerprint density at radius 1 is 1.12 bits per heavy atom. The van der Waals surface area contributed by atoms with Gasteiger partial charge in [0.15, 0.2) is 0 Å². The molecule has 0 radical (unpaired) electrons. The molecule has 0 spiro atoms. The zero-order valence-electron chi connectivity index (χ0n) is 14.7. The predicted octanol–water partition coefficient (Wildman–Crippen LogP) is 3.15. The van der Waals surface area contributed by atoms with E-state index in [9.17, 15) is 4.79 Å². The minimum absolute atomic E-state index is 0.0640. The topological polar surface area (TPSA) is 59.0 Å². The molecule has 2 aliphatic rings. The molecule has 1 unspecified atom stereocenters. The Hall–Kier alpha value is -2.30. The number of aryl methyl sites for hydroxylation is 1. The van der Waals surface area contributed by atoms with Gasteiger partial charge in [-0.25, -0.2) is 9.97 Å². The molecule has 3 heterocycles. The summed E-state index contributed by atoms with van der Waals surface area (Å²) in [5.74, 6) is 1.97. The van der Waals surface area contributed by atoms with Gasteiger partial charge in [-0.15, -0.1) is 0 Å². The molecule has 1 saturated heterocycles. The Balaban J connectivity index is 1.39. The highest BCUT2D eigenvalue weighted by Gasteiger charge is 2.28. The van der Waals surface area contributed by atoms with E-state index in [1.54, 1.807) is 12.4 Å². The Morgan fingerprint density at radius 3 is 2.60 bits per heavy atom. The Bertz CT molecular complexity index is 737. The van der Waals surface area contributed by atoms with Crippen LogP contribution in [0.3, 0.4) is 0 Å². The molecular formula is C20H24N4O. The van der Waals surface area contributed by atoms with Crippen LogP contribution in [0.1, 0.15) is 59.0 Å². The molecule has 130 valence electrons. The minimum atomic E-state index is 0.0640. The Kier molecular flexibility index (Phi) is 4.47. The highest BCUT2D eigenvalue weighted by molar-refractivity contribution is 5.93. The van der Waals surface area contributed by atoms with E-state index < -0.39 is 0 Å². The number of aromatic nitrogens is 3. The molecule has 1 aliphatic carbocycles. The summed E-state index contributed by atoms with van der Waals surface area (Å²) in [7, 11) is 0. The first-order chi connectivity index (χ1) is 12.2. The molecule has 25 heavy (non-hydrogen) atoms. The van der Waals surface area contributed by atoms with Gasteiger partial charge in [0.05, 0.1) is 5.56 Å². The zero-order valence-corrected chi connectivity index (χ0v) is 14.7. The fraction of sp³-hybridized carbons (Fsp3) is 0.500. The van der Waals surface area contributed by atoms with Crippen LogP contribution < -0.4 is 0 Å². The summed E-state index contributed by atoms with van der Waals surface area (Å²) in [6.07, 6.45) is 10.9. The van der Waals surface area contributed by atoms with Gasteiger partial charge in [0.2, 0.25) is 0 Å². The van der Waals surface area contributed by atoms with E-state index in [0.29, 0.717) is 17.4 Å². The lowest BCUT2D eigenvalue weighted by Gasteiger charge is -2.32. The average Bonchev–Trinajstić information content (AvgIpc) is 3.49. The smallest absolute Gasteiger partial charge is 0.256 e. The average molecular weight is 336 g/mol. The van der Waals surface area contributed by atoms with Crippen molar-refractivity contribution in [3.8, 4) is 0 Å². The van der Waals surface area contributed by atoms with E-state index in [-0.39, 0.29) is 5.91 Å². The third kappa shape index (κ3) is 3.86. The van der Waals surface area contributed by atoms with E-state index in [1.165, 1.54) is 18.4 Å². The Morgan fingerprint density at radius 2 is 1.92 bits per heavy atom. The maximum atomic E-state index is 12.8. The second kappa shape index (κ2) is 6.90. The van der Waals surface area contributed by atoms with E-state index in [4.69, 9.17) is 0 Å². The van der Waals surface area contributed by atoms with Gasteiger partial charge < -0.3 is 4.90 Å². The summed E-state index contributed by atoms with van der Waals surface area (Å²) < 4.78 is 0. The summed E-state index contributed by atoms with van der Waals surface area (Å²) in [5, 5.41) is 0. The summed E-state index contributed by atoms with van der Waals surface area (Å²) in [4.78, 5) is 27.9. The molecule has 1 amide bonds. The van der Waals surface area contributed by atoms with Crippen molar-refractivity contribution >= 4 is 5.91 Å². The van der Waals surface area contributed by atoms with Crippen molar-refractivity contribution in [1.29, 1.82) is 0 Å². The first kappa shape index (κ1) is 16.2. The van der Waals surface area contributed by atoms with Gasteiger partial charge in [-0.3, -0.25) is 9.78 Å². The molecule has 0 aromatic carbocycles. The second-order valence-electron chi connectivity index (χ2n) is 7.38. The number of hydrogen-bond acceptors (Lipinski definition) is 4. The molecule has 2 aromatic rings. The molecule has 4 rings (SSSR count). The van der Waals surface area contributed by atoms with E-state index in [1.807, 2.05) is 18.0 Å². The molecule has 1 atom stereocenters. The summed E-state index contributed by atoms with van der Waals surface area (Å²) >= 11 is 0. The third-order valence-electron chi connectivity index (χ3n) is 5.16. The highest BCUT2D eigenvalue weighted by Crippen LogP contribution is 2.37. The van der Waals surface area contributed by atoms with Crippen molar-refractivity contribution in [2.24, 2.45) is 5.92 Å². The van der Waals surface area contributed by atoms with Gasteiger partial charge in [-0.05, 0) is 56.6 Å². The van der Waals surface area contributed by atoms with Gasteiger partial charge in [0.25, 0.3) is 5.91 Å². The van der Waals surface area contributed by atoms with E-state index in [2.05, 4.69) is 27.1 Å². The monoisotopic (exact) mass is 336 g/mol. The van der Waals surface area contributed by atoms with Gasteiger partial charge in [-0.2, -0.15) is 0 Å². The number of carbonyl (C=O) groups excluding carboxylic acids is 1. The van der Waals surface area contributed by atoms with Crippen molar-refractivity contribution < 1.29 is 4.79 Å². The van der Waals surface area contributed by atoms with Crippen LogP contribution in [0.15, 0.2) is 30.7 Å². The second-order valence-corrected chi connectivity index (χ2v) is 7.38. The lowest BCUT2D eigenvalue weighted by Crippen LogP contribution is -2.40. The fourth-order valence-electron chi connectivity index (χ4n) is 3.55. The van der Waals surface area contributed by atoms with Gasteiger partial charge in [-0.1, -0.05) is 6.07 Å². The van der Waals surface area contributed by atoms with E-state index >= 15 is 0 Å². The van der Waals surface area contributed by atoms with Crippen LogP contribution in [0.2, 0.25) is 0 Å². The Labute approximate surface area is 148 Å². The number of pyridine rings is 1. The molecule has 0 N–H and O–H groups in total. The van der Waals surface area contributed by atoms with Crippen molar-refractivity contribution in [2.75, 3.05) is 13.1 Å². The largest absolute Gasteiger partial charge is 0.338 e. The number of carbonyl (C=O) groups is 1. The van der Waals surface area contributed by atoms with Crippen molar-refractivity contribution in [3.63, 3.8) is 0 Å². The van der Waals surface area contributed by atoms with E-state index in [0.717, 1.165) is 43.9 Å². The number of nitrogens with zero attached hydrogens (tertiary/aromatic N) is 4. The van der Waals surface area contributed by atoms with Crippen LogP contribution >= 0.6 is 0 Å². The lowest BCUT2D eigenvalue weighted by molar-refractivity contribution is 0.0672. The number of rotatable bonds is 4. The summed E-state index contributed by atoms with van der Waals surface area (Å²) in [6.45, 7) is 3.63. The molecule has 1 saturated carbocycles. The summed E-state index contributed by atoms with van der Waals surface area (Å²) in [6, 6.07) is 4.20. The van der Waals surface area contributed by atoms with Crippen LogP contribution in [0, 0.1) is 12.8 Å². The van der Waals surface area contributed by atoms with Crippen LogP contribution in [0.4, 0.5) is 0 Å². The SMILES string of the molecule is Cc1ccc(CC2CCCN(C(=O)c3cnc(C4CC4)nc3)C2)cn1. The number of likely N-dealkylation sites (tertiary alicyclic amines) is 1. The number of piperidine rings is 1. The number of hydrogen-bond donors (Lipinski definition) is 0. The van der Waals surface area contributed by atoms with Crippen LogP contribution in [-0.4, -0.2) is 38.8 Å². The molecule has 0 bridgehead atoms. The third-order valence-corrected chi connectivity index (χ3v) is 5.16. The molecule has 5 nitrogen and oxygen atoms in total. The van der Waals surface area contributed by atoms with Crippen LogP contribution in [0.5, 0.6) is 0 Å². The van der Waals surface area contributed by atoms with Crippen LogP contribution in [-0.2, 0) is 6.42 Å². The van der Waals surface area contributed by atoms with Crippen LogP contribution in [0.25, 0.3) is 0 Å². The van der Waals surface area contributed by atoms with Gasteiger partial charge in [0, 0.05) is 43.3 Å². The molecule has 2 fully saturated rings. The fourth-order valence-corrected chi connectivity index (χ4v) is 3.55.